The average Bonchev–Trinajstić information content (AvgIpc) is 2.35. The summed E-state index contributed by atoms with van der Waals surface area (Å²) >= 11 is 0. The molecule has 0 bridgehead atoms. The van der Waals surface area contributed by atoms with Crippen LogP contribution in [0.5, 0.6) is 0 Å². The molecular weight excluding hydrogens is 196 g/mol. The summed E-state index contributed by atoms with van der Waals surface area (Å²) in [5, 5.41) is 0. The molecule has 0 aliphatic heterocycles. The molecule has 1 nitrogen and oxygen atoms in total. The van der Waals surface area contributed by atoms with Crippen molar-refractivity contribution in [3.8, 4) is 0 Å². The van der Waals surface area contributed by atoms with Crippen LogP contribution in [0.2, 0.25) is 0 Å². The molecule has 82 valence electrons. The molecule has 0 N–H and O–H groups in total. The van der Waals surface area contributed by atoms with Crippen LogP contribution in [0, 0.1) is 0 Å². The second-order valence-electron chi connectivity index (χ2n) is 3.60. The van der Waals surface area contributed by atoms with Crippen LogP contribution in [0.4, 0.5) is 0 Å². The Balaban J connectivity index is 2.72. The molecule has 0 radical (unpaired) electrons. The molecular formula is C15H16O. The third-order valence-corrected chi connectivity index (χ3v) is 2.37. The lowest BCUT2D eigenvalue weighted by Crippen LogP contribution is -2.03. The summed E-state index contributed by atoms with van der Waals surface area (Å²) in [5.41, 5.74) is 1.95. The Kier molecular flexibility index (Phi) is 4.46. The van der Waals surface area contributed by atoms with Gasteiger partial charge in [-0.05, 0) is 24.0 Å². The maximum absolute atomic E-state index is 11.9. The normalized spacial score (nSPS) is 9.50. The van der Waals surface area contributed by atoms with E-state index >= 15 is 0 Å². The molecule has 1 rings (SSSR count). The van der Waals surface area contributed by atoms with E-state index in [-0.39, 0.29) is 5.78 Å². The van der Waals surface area contributed by atoms with Gasteiger partial charge < -0.3 is 0 Å². The minimum absolute atomic E-state index is 0.0620. The number of Topliss-reactive ketones (excluding diaryl/α,β-unsaturated/α-hetero) is 1. The molecule has 1 aromatic rings. The number of hydrogen-bond acceptors (Lipinski definition) is 1. The Morgan fingerprint density at radius 1 is 1.19 bits per heavy atom. The van der Waals surface area contributed by atoms with Crippen molar-refractivity contribution in [3.63, 3.8) is 0 Å². The van der Waals surface area contributed by atoms with Crippen LogP contribution in [0.25, 0.3) is 5.57 Å². The molecule has 0 aromatic heterocycles. The number of hydrogen-bond donors (Lipinski definition) is 0. The lowest BCUT2D eigenvalue weighted by atomic mass is 9.97. The SMILES string of the molecule is C=CCCC(=C)C(=O)C(=C)c1ccccc1. The smallest absolute Gasteiger partial charge is 0.188 e. The second-order valence-corrected chi connectivity index (χ2v) is 3.60. The van der Waals surface area contributed by atoms with E-state index in [9.17, 15) is 4.79 Å². The van der Waals surface area contributed by atoms with E-state index in [4.69, 9.17) is 0 Å². The molecule has 0 fully saturated rings. The van der Waals surface area contributed by atoms with Gasteiger partial charge in [-0.25, -0.2) is 0 Å². The molecule has 0 spiro atoms. The van der Waals surface area contributed by atoms with Crippen molar-refractivity contribution in [1.82, 2.24) is 0 Å². The summed E-state index contributed by atoms with van der Waals surface area (Å²) in [5.74, 6) is -0.0620. The average molecular weight is 212 g/mol. The van der Waals surface area contributed by atoms with Gasteiger partial charge in [-0.1, -0.05) is 49.6 Å². The Morgan fingerprint density at radius 2 is 1.81 bits per heavy atom. The van der Waals surface area contributed by atoms with Crippen molar-refractivity contribution in [3.05, 3.63) is 67.3 Å². The lowest BCUT2D eigenvalue weighted by molar-refractivity contribution is -0.110. The van der Waals surface area contributed by atoms with E-state index in [1.807, 2.05) is 30.3 Å². The van der Waals surface area contributed by atoms with E-state index in [0.717, 1.165) is 12.0 Å². The van der Waals surface area contributed by atoms with Gasteiger partial charge in [0.15, 0.2) is 5.78 Å². The van der Waals surface area contributed by atoms with Crippen molar-refractivity contribution in [2.45, 2.75) is 12.8 Å². The number of rotatable bonds is 6. The number of allylic oxidation sites excluding steroid dienone is 3. The highest BCUT2D eigenvalue weighted by molar-refractivity contribution is 6.27. The molecule has 0 unspecified atom stereocenters. The molecule has 0 saturated heterocycles. The van der Waals surface area contributed by atoms with Gasteiger partial charge in [0.2, 0.25) is 0 Å². The summed E-state index contributed by atoms with van der Waals surface area (Å²) in [6.45, 7) is 11.2. The van der Waals surface area contributed by atoms with E-state index in [1.165, 1.54) is 0 Å². The number of ketones is 1. The van der Waals surface area contributed by atoms with Crippen molar-refractivity contribution >= 4 is 11.4 Å². The molecule has 0 atom stereocenters. The first-order chi connectivity index (χ1) is 7.66. The van der Waals surface area contributed by atoms with Crippen molar-refractivity contribution in [2.75, 3.05) is 0 Å². The van der Waals surface area contributed by atoms with Gasteiger partial charge in [0, 0.05) is 5.57 Å². The fraction of sp³-hybridized carbons (Fsp3) is 0.133. The first-order valence-corrected chi connectivity index (χ1v) is 5.24. The van der Waals surface area contributed by atoms with Crippen LogP contribution in [-0.2, 0) is 4.79 Å². The predicted molar refractivity (Wildman–Crippen MR) is 69.1 cm³/mol. The van der Waals surface area contributed by atoms with Crippen LogP contribution < -0.4 is 0 Å². The van der Waals surface area contributed by atoms with Crippen molar-refractivity contribution in [1.29, 1.82) is 0 Å². The fourth-order valence-electron chi connectivity index (χ4n) is 1.37. The standard InChI is InChI=1S/C15H16O/c1-4-5-9-12(2)15(16)13(3)14-10-7-6-8-11-14/h4,6-8,10-11H,1-3,5,9H2. The molecule has 1 aromatic carbocycles. The number of benzene rings is 1. The quantitative estimate of drug-likeness (QED) is 0.518. The van der Waals surface area contributed by atoms with Crippen LogP contribution in [0.3, 0.4) is 0 Å². The summed E-state index contributed by atoms with van der Waals surface area (Å²) < 4.78 is 0. The largest absolute Gasteiger partial charge is 0.289 e. The van der Waals surface area contributed by atoms with Crippen molar-refractivity contribution in [2.24, 2.45) is 0 Å². The Labute approximate surface area is 96.8 Å². The Morgan fingerprint density at radius 3 is 2.38 bits per heavy atom. The zero-order valence-corrected chi connectivity index (χ0v) is 9.41. The number of carbonyl (C=O) groups excluding carboxylic acids is 1. The highest BCUT2D eigenvalue weighted by Crippen LogP contribution is 2.18. The molecule has 0 aliphatic rings. The zero-order chi connectivity index (χ0) is 12.0. The summed E-state index contributed by atoms with van der Waals surface area (Å²) in [6, 6.07) is 9.44. The minimum atomic E-state index is -0.0620. The molecule has 1 heteroatoms. The van der Waals surface area contributed by atoms with E-state index < -0.39 is 0 Å². The van der Waals surface area contributed by atoms with Gasteiger partial charge in [-0.3, -0.25) is 4.79 Å². The highest BCUT2D eigenvalue weighted by Gasteiger charge is 2.11. The number of carbonyl (C=O) groups is 1. The van der Waals surface area contributed by atoms with Gasteiger partial charge >= 0.3 is 0 Å². The maximum atomic E-state index is 11.9. The lowest BCUT2D eigenvalue weighted by Gasteiger charge is -2.06. The van der Waals surface area contributed by atoms with Crippen LogP contribution >= 0.6 is 0 Å². The van der Waals surface area contributed by atoms with E-state index in [2.05, 4.69) is 19.7 Å². The van der Waals surface area contributed by atoms with Crippen LogP contribution in [-0.4, -0.2) is 5.78 Å². The third-order valence-electron chi connectivity index (χ3n) is 2.37. The fourth-order valence-corrected chi connectivity index (χ4v) is 1.37. The summed E-state index contributed by atoms with van der Waals surface area (Å²) in [4.78, 5) is 11.9. The van der Waals surface area contributed by atoms with Crippen LogP contribution in [0.15, 0.2) is 61.7 Å². The van der Waals surface area contributed by atoms with Gasteiger partial charge in [-0.2, -0.15) is 0 Å². The van der Waals surface area contributed by atoms with Crippen LogP contribution in [0.1, 0.15) is 18.4 Å². The maximum Gasteiger partial charge on any atom is 0.188 e. The first-order valence-electron chi connectivity index (χ1n) is 5.24. The van der Waals surface area contributed by atoms with E-state index in [1.54, 1.807) is 6.08 Å². The second kappa shape index (κ2) is 5.86. The molecule has 0 heterocycles. The Bertz CT molecular complexity index is 412. The molecule has 0 amide bonds. The minimum Gasteiger partial charge on any atom is -0.289 e. The monoisotopic (exact) mass is 212 g/mol. The predicted octanol–water partition coefficient (Wildman–Crippen LogP) is 3.79. The highest BCUT2D eigenvalue weighted by atomic mass is 16.1. The molecule has 0 aliphatic carbocycles. The topological polar surface area (TPSA) is 17.1 Å². The molecule has 0 saturated carbocycles. The van der Waals surface area contributed by atoms with E-state index in [0.29, 0.717) is 17.6 Å². The van der Waals surface area contributed by atoms with Gasteiger partial charge in [-0.15, -0.1) is 6.58 Å². The van der Waals surface area contributed by atoms with Gasteiger partial charge in [0.25, 0.3) is 0 Å². The zero-order valence-electron chi connectivity index (χ0n) is 9.41. The third kappa shape index (κ3) is 3.06. The van der Waals surface area contributed by atoms with Gasteiger partial charge in [0.05, 0.1) is 0 Å². The first kappa shape index (κ1) is 12.2. The Hall–Kier alpha value is -1.89. The van der Waals surface area contributed by atoms with Gasteiger partial charge in [0.1, 0.15) is 0 Å². The van der Waals surface area contributed by atoms with Crippen molar-refractivity contribution < 1.29 is 4.79 Å². The summed E-state index contributed by atoms with van der Waals surface area (Å²) in [6.07, 6.45) is 3.20. The molecule has 16 heavy (non-hydrogen) atoms. The summed E-state index contributed by atoms with van der Waals surface area (Å²) in [7, 11) is 0.